The Balaban J connectivity index is 2.19. The van der Waals surface area contributed by atoms with Crippen molar-refractivity contribution >= 4 is 11.3 Å². The van der Waals surface area contributed by atoms with Crippen molar-refractivity contribution in [1.82, 2.24) is 4.98 Å². The molecule has 0 bridgehead atoms. The highest BCUT2D eigenvalue weighted by atomic mass is 32.1. The number of rotatable bonds is 4. The van der Waals surface area contributed by atoms with Crippen molar-refractivity contribution in [3.05, 3.63) is 15.6 Å². The Bertz CT molecular complexity index is 379. The van der Waals surface area contributed by atoms with Crippen LogP contribution in [0.15, 0.2) is 0 Å². The second-order valence-electron chi connectivity index (χ2n) is 5.97. The number of hydrogen-bond acceptors (Lipinski definition) is 3. The van der Waals surface area contributed by atoms with Crippen LogP contribution >= 0.6 is 11.3 Å². The van der Waals surface area contributed by atoms with Crippen molar-refractivity contribution in [2.75, 3.05) is 0 Å². The lowest BCUT2D eigenvalue weighted by Gasteiger charge is -2.02. The van der Waals surface area contributed by atoms with Gasteiger partial charge in [0, 0.05) is 17.3 Å². The number of nitrogens with zero attached hydrogens (tertiary/aromatic N) is 1. The Morgan fingerprint density at radius 1 is 1.50 bits per heavy atom. The monoisotopic (exact) mass is 238 g/mol. The largest absolute Gasteiger partial charge is 0.326 e. The topological polar surface area (TPSA) is 38.9 Å². The molecule has 0 radical (unpaired) electrons. The van der Waals surface area contributed by atoms with E-state index in [9.17, 15) is 0 Å². The molecule has 16 heavy (non-hydrogen) atoms. The zero-order valence-electron chi connectivity index (χ0n) is 10.7. The predicted octanol–water partition coefficient (Wildman–Crippen LogP) is 3.31. The molecule has 1 unspecified atom stereocenters. The van der Waals surface area contributed by atoms with E-state index in [4.69, 9.17) is 10.7 Å². The van der Waals surface area contributed by atoms with E-state index in [2.05, 4.69) is 27.7 Å². The Morgan fingerprint density at radius 3 is 2.56 bits per heavy atom. The van der Waals surface area contributed by atoms with Gasteiger partial charge in [0.2, 0.25) is 0 Å². The van der Waals surface area contributed by atoms with Crippen LogP contribution in [0.5, 0.6) is 0 Å². The van der Waals surface area contributed by atoms with Gasteiger partial charge in [0.25, 0.3) is 0 Å². The first-order chi connectivity index (χ1) is 7.44. The zero-order chi connectivity index (χ0) is 11.9. The Hall–Kier alpha value is -0.410. The maximum Gasteiger partial charge on any atom is 0.0968 e. The molecule has 2 N–H and O–H groups in total. The van der Waals surface area contributed by atoms with Crippen molar-refractivity contribution in [2.45, 2.75) is 53.0 Å². The van der Waals surface area contributed by atoms with Crippen LogP contribution in [-0.2, 0) is 13.0 Å². The van der Waals surface area contributed by atoms with Gasteiger partial charge in [-0.2, -0.15) is 0 Å². The molecule has 1 heterocycles. The van der Waals surface area contributed by atoms with Crippen LogP contribution in [-0.4, -0.2) is 4.98 Å². The molecule has 2 rings (SSSR count). The van der Waals surface area contributed by atoms with E-state index in [1.807, 2.05) is 11.3 Å². The third-order valence-corrected chi connectivity index (χ3v) is 4.63. The summed E-state index contributed by atoms with van der Waals surface area (Å²) in [6.45, 7) is 9.76. The lowest BCUT2D eigenvalue weighted by Crippen LogP contribution is -2.02. The van der Waals surface area contributed by atoms with Crippen LogP contribution in [0.3, 0.4) is 0 Å². The predicted molar refractivity (Wildman–Crippen MR) is 69.7 cm³/mol. The van der Waals surface area contributed by atoms with Gasteiger partial charge in [0.05, 0.1) is 10.7 Å². The summed E-state index contributed by atoms with van der Waals surface area (Å²) < 4.78 is 0. The average molecular weight is 238 g/mol. The summed E-state index contributed by atoms with van der Waals surface area (Å²) >= 11 is 1.84. The zero-order valence-corrected chi connectivity index (χ0v) is 11.5. The minimum atomic E-state index is 0.471. The Morgan fingerprint density at radius 2 is 2.12 bits per heavy atom. The lowest BCUT2D eigenvalue weighted by molar-refractivity contribution is 0.613. The first-order valence-electron chi connectivity index (χ1n) is 6.12. The molecule has 90 valence electrons. The van der Waals surface area contributed by atoms with Crippen LogP contribution in [0, 0.1) is 11.3 Å². The quantitative estimate of drug-likeness (QED) is 0.874. The summed E-state index contributed by atoms with van der Waals surface area (Å²) in [5, 5.41) is 1.32. The fourth-order valence-electron chi connectivity index (χ4n) is 2.15. The molecule has 1 saturated carbocycles. The molecular formula is C13H22N2S. The van der Waals surface area contributed by atoms with Crippen LogP contribution < -0.4 is 5.73 Å². The van der Waals surface area contributed by atoms with Gasteiger partial charge in [0.1, 0.15) is 0 Å². The van der Waals surface area contributed by atoms with Gasteiger partial charge in [0.15, 0.2) is 0 Å². The molecule has 1 aliphatic carbocycles. The number of thiazole rings is 1. The summed E-state index contributed by atoms with van der Waals surface area (Å²) in [7, 11) is 0. The van der Waals surface area contributed by atoms with E-state index in [1.54, 1.807) is 0 Å². The van der Waals surface area contributed by atoms with E-state index in [0.717, 1.165) is 6.42 Å². The summed E-state index contributed by atoms with van der Waals surface area (Å²) in [6.07, 6.45) is 2.35. The highest BCUT2D eigenvalue weighted by molar-refractivity contribution is 7.11. The molecule has 0 saturated heterocycles. The standard InChI is InChI=1S/C13H22N2S/c1-8(2)5-10-11(7-14)16-12(15-10)9-6-13(9,3)4/h8-9H,5-7,14H2,1-4H3. The maximum atomic E-state index is 5.80. The summed E-state index contributed by atoms with van der Waals surface area (Å²) in [5.41, 5.74) is 7.52. The van der Waals surface area contributed by atoms with E-state index in [-0.39, 0.29) is 0 Å². The molecule has 0 amide bonds. The van der Waals surface area contributed by atoms with Crippen LogP contribution in [0.4, 0.5) is 0 Å². The van der Waals surface area contributed by atoms with Crippen molar-refractivity contribution in [2.24, 2.45) is 17.1 Å². The van der Waals surface area contributed by atoms with E-state index in [0.29, 0.717) is 23.8 Å². The fourth-order valence-corrected chi connectivity index (χ4v) is 3.43. The van der Waals surface area contributed by atoms with Gasteiger partial charge < -0.3 is 5.73 Å². The van der Waals surface area contributed by atoms with Gasteiger partial charge in [-0.25, -0.2) is 4.98 Å². The van der Waals surface area contributed by atoms with Gasteiger partial charge in [-0.1, -0.05) is 27.7 Å². The second-order valence-corrected chi connectivity index (χ2v) is 7.08. The summed E-state index contributed by atoms with van der Waals surface area (Å²) in [6, 6.07) is 0. The number of hydrogen-bond donors (Lipinski definition) is 1. The molecule has 1 atom stereocenters. The average Bonchev–Trinajstić information content (AvgIpc) is 2.65. The highest BCUT2D eigenvalue weighted by Gasteiger charge is 2.48. The van der Waals surface area contributed by atoms with Crippen LogP contribution in [0.2, 0.25) is 0 Å². The third-order valence-electron chi connectivity index (χ3n) is 3.39. The summed E-state index contributed by atoms with van der Waals surface area (Å²) in [4.78, 5) is 6.11. The summed E-state index contributed by atoms with van der Waals surface area (Å²) in [5.74, 6) is 1.34. The molecule has 1 fully saturated rings. The first kappa shape index (κ1) is 12.1. The maximum absolute atomic E-state index is 5.80. The molecule has 2 nitrogen and oxygen atoms in total. The minimum Gasteiger partial charge on any atom is -0.326 e. The third kappa shape index (κ3) is 2.30. The van der Waals surface area contributed by atoms with Gasteiger partial charge in [-0.3, -0.25) is 0 Å². The fraction of sp³-hybridized carbons (Fsp3) is 0.769. The van der Waals surface area contributed by atoms with Crippen molar-refractivity contribution < 1.29 is 0 Å². The number of nitrogens with two attached hydrogens (primary N) is 1. The van der Waals surface area contributed by atoms with Crippen LogP contribution in [0.25, 0.3) is 0 Å². The van der Waals surface area contributed by atoms with Gasteiger partial charge in [-0.05, 0) is 24.2 Å². The highest BCUT2D eigenvalue weighted by Crippen LogP contribution is 2.59. The Kier molecular flexibility index (Phi) is 3.10. The van der Waals surface area contributed by atoms with Gasteiger partial charge in [-0.15, -0.1) is 11.3 Å². The van der Waals surface area contributed by atoms with Gasteiger partial charge >= 0.3 is 0 Å². The molecule has 0 aliphatic heterocycles. The first-order valence-corrected chi connectivity index (χ1v) is 6.94. The normalized spacial score (nSPS) is 22.8. The molecule has 0 spiro atoms. The van der Waals surface area contributed by atoms with E-state index in [1.165, 1.54) is 22.0 Å². The molecule has 1 aromatic heterocycles. The van der Waals surface area contributed by atoms with E-state index < -0.39 is 0 Å². The number of aromatic nitrogens is 1. The molecule has 1 aromatic rings. The van der Waals surface area contributed by atoms with Crippen molar-refractivity contribution in [3.63, 3.8) is 0 Å². The second kappa shape index (κ2) is 4.11. The van der Waals surface area contributed by atoms with Crippen LogP contribution in [0.1, 0.15) is 55.6 Å². The smallest absolute Gasteiger partial charge is 0.0968 e. The lowest BCUT2D eigenvalue weighted by atomic mass is 10.1. The molecule has 0 aromatic carbocycles. The Labute approximate surface area is 102 Å². The molecule has 3 heteroatoms. The van der Waals surface area contributed by atoms with Crippen molar-refractivity contribution in [3.8, 4) is 0 Å². The molecule has 1 aliphatic rings. The van der Waals surface area contributed by atoms with E-state index >= 15 is 0 Å². The SMILES string of the molecule is CC(C)Cc1nc(C2CC2(C)C)sc1CN. The molecular weight excluding hydrogens is 216 g/mol. The minimum absolute atomic E-state index is 0.471. The van der Waals surface area contributed by atoms with Crippen molar-refractivity contribution in [1.29, 1.82) is 0 Å².